The standard InChI is InChI=1S/C19H26N2O3/c1-4-7-11-24-17-9-8-15(13-18(17)23-6-3)12-16(14-20)19(22)21-10-5-2/h8-9,12-13H,4-7,10-11H2,1-3H3,(H,21,22)/b16-12-. The van der Waals surface area contributed by atoms with Gasteiger partial charge in [0.2, 0.25) is 0 Å². The van der Waals surface area contributed by atoms with Crippen LogP contribution in [0.15, 0.2) is 23.8 Å². The maximum Gasteiger partial charge on any atom is 0.261 e. The molecule has 1 amide bonds. The Hall–Kier alpha value is -2.48. The van der Waals surface area contributed by atoms with Crippen LogP contribution in [0.4, 0.5) is 0 Å². The lowest BCUT2D eigenvalue weighted by Gasteiger charge is -2.12. The molecule has 0 aromatic heterocycles. The Labute approximate surface area is 144 Å². The van der Waals surface area contributed by atoms with E-state index in [4.69, 9.17) is 9.47 Å². The second-order valence-corrected chi connectivity index (χ2v) is 5.27. The fourth-order valence-corrected chi connectivity index (χ4v) is 1.98. The van der Waals surface area contributed by atoms with E-state index in [1.807, 2.05) is 32.0 Å². The van der Waals surface area contributed by atoms with Gasteiger partial charge >= 0.3 is 0 Å². The Morgan fingerprint density at radius 1 is 1.21 bits per heavy atom. The second-order valence-electron chi connectivity index (χ2n) is 5.27. The first-order valence-corrected chi connectivity index (χ1v) is 8.45. The van der Waals surface area contributed by atoms with E-state index in [0.29, 0.717) is 31.3 Å². The third kappa shape index (κ3) is 6.33. The van der Waals surface area contributed by atoms with Gasteiger partial charge in [-0.2, -0.15) is 5.26 Å². The van der Waals surface area contributed by atoms with Crippen LogP contribution in [-0.2, 0) is 4.79 Å². The highest BCUT2D eigenvalue weighted by Crippen LogP contribution is 2.29. The van der Waals surface area contributed by atoms with Gasteiger partial charge in [0.1, 0.15) is 11.6 Å². The van der Waals surface area contributed by atoms with Crippen molar-refractivity contribution in [1.82, 2.24) is 5.32 Å². The summed E-state index contributed by atoms with van der Waals surface area (Å²) >= 11 is 0. The van der Waals surface area contributed by atoms with Crippen molar-refractivity contribution in [2.75, 3.05) is 19.8 Å². The Morgan fingerprint density at radius 3 is 2.62 bits per heavy atom. The number of carbonyl (C=O) groups excluding carboxylic acids is 1. The summed E-state index contributed by atoms with van der Waals surface area (Å²) in [6.07, 6.45) is 4.42. The molecule has 1 aromatic carbocycles. The third-order valence-electron chi connectivity index (χ3n) is 3.23. The predicted molar refractivity (Wildman–Crippen MR) is 94.9 cm³/mol. The van der Waals surface area contributed by atoms with Crippen molar-refractivity contribution in [3.8, 4) is 17.6 Å². The first kappa shape index (κ1) is 19.6. The van der Waals surface area contributed by atoms with Crippen molar-refractivity contribution in [3.63, 3.8) is 0 Å². The molecule has 0 saturated carbocycles. The molecule has 0 bridgehead atoms. The maximum absolute atomic E-state index is 11.9. The van der Waals surface area contributed by atoms with Gasteiger partial charge < -0.3 is 14.8 Å². The molecular formula is C19H26N2O3. The van der Waals surface area contributed by atoms with Gasteiger partial charge in [0.05, 0.1) is 13.2 Å². The molecule has 5 heteroatoms. The fraction of sp³-hybridized carbons (Fsp3) is 0.474. The molecule has 0 spiro atoms. The van der Waals surface area contributed by atoms with E-state index in [-0.39, 0.29) is 11.5 Å². The molecule has 0 unspecified atom stereocenters. The van der Waals surface area contributed by atoms with Crippen LogP contribution in [0.1, 0.15) is 45.6 Å². The molecule has 0 saturated heterocycles. The lowest BCUT2D eigenvalue weighted by Crippen LogP contribution is -2.25. The van der Waals surface area contributed by atoms with E-state index in [1.54, 1.807) is 12.1 Å². The van der Waals surface area contributed by atoms with Crippen molar-refractivity contribution in [3.05, 3.63) is 29.3 Å². The van der Waals surface area contributed by atoms with Gasteiger partial charge in [-0.3, -0.25) is 4.79 Å². The summed E-state index contributed by atoms with van der Waals surface area (Å²) in [7, 11) is 0. The molecule has 1 aromatic rings. The molecule has 130 valence electrons. The molecular weight excluding hydrogens is 304 g/mol. The zero-order valence-corrected chi connectivity index (χ0v) is 14.7. The van der Waals surface area contributed by atoms with Gasteiger partial charge in [0.15, 0.2) is 11.5 Å². The molecule has 1 rings (SSSR count). The van der Waals surface area contributed by atoms with Crippen LogP contribution in [0.5, 0.6) is 11.5 Å². The number of carbonyl (C=O) groups is 1. The molecule has 0 radical (unpaired) electrons. The van der Waals surface area contributed by atoms with Gasteiger partial charge in [-0.15, -0.1) is 0 Å². The van der Waals surface area contributed by atoms with Gasteiger partial charge in [-0.1, -0.05) is 26.3 Å². The Morgan fingerprint density at radius 2 is 2.00 bits per heavy atom. The number of amides is 1. The highest BCUT2D eigenvalue weighted by molar-refractivity contribution is 6.01. The molecule has 0 fully saturated rings. The van der Waals surface area contributed by atoms with Crippen molar-refractivity contribution in [2.45, 2.75) is 40.0 Å². The lowest BCUT2D eigenvalue weighted by molar-refractivity contribution is -0.117. The smallest absolute Gasteiger partial charge is 0.261 e. The SMILES string of the molecule is CCCCOc1ccc(/C=C(/C#N)C(=O)NCCC)cc1OCC. The second kappa shape index (κ2) is 11.1. The number of unbranched alkanes of at least 4 members (excludes halogenated alkanes) is 1. The van der Waals surface area contributed by atoms with Crippen molar-refractivity contribution in [1.29, 1.82) is 5.26 Å². The van der Waals surface area contributed by atoms with Gasteiger partial charge in [-0.25, -0.2) is 0 Å². The minimum Gasteiger partial charge on any atom is -0.490 e. The first-order chi connectivity index (χ1) is 11.7. The van der Waals surface area contributed by atoms with Crippen molar-refractivity contribution >= 4 is 12.0 Å². The summed E-state index contributed by atoms with van der Waals surface area (Å²) in [5.74, 6) is 0.936. The normalized spacial score (nSPS) is 10.8. The minimum atomic E-state index is -0.361. The molecule has 0 aliphatic heterocycles. The highest BCUT2D eigenvalue weighted by Gasteiger charge is 2.10. The summed E-state index contributed by atoms with van der Waals surface area (Å²) in [6, 6.07) is 7.36. The molecule has 5 nitrogen and oxygen atoms in total. The number of nitrogens with zero attached hydrogens (tertiary/aromatic N) is 1. The number of hydrogen-bond acceptors (Lipinski definition) is 4. The topological polar surface area (TPSA) is 71.3 Å². The van der Waals surface area contributed by atoms with Gasteiger partial charge in [-0.05, 0) is 43.5 Å². The van der Waals surface area contributed by atoms with E-state index in [9.17, 15) is 10.1 Å². The zero-order chi connectivity index (χ0) is 17.8. The first-order valence-electron chi connectivity index (χ1n) is 8.45. The quantitative estimate of drug-likeness (QED) is 0.403. The number of nitriles is 1. The van der Waals surface area contributed by atoms with E-state index in [2.05, 4.69) is 12.2 Å². The summed E-state index contributed by atoms with van der Waals surface area (Å²) in [5, 5.41) is 11.9. The lowest BCUT2D eigenvalue weighted by atomic mass is 10.1. The summed E-state index contributed by atoms with van der Waals surface area (Å²) in [4.78, 5) is 11.9. The summed E-state index contributed by atoms with van der Waals surface area (Å²) in [5.41, 5.74) is 0.801. The van der Waals surface area contributed by atoms with E-state index < -0.39 is 0 Å². The van der Waals surface area contributed by atoms with Crippen LogP contribution in [0, 0.1) is 11.3 Å². The largest absolute Gasteiger partial charge is 0.490 e. The third-order valence-corrected chi connectivity index (χ3v) is 3.23. The zero-order valence-electron chi connectivity index (χ0n) is 14.7. The van der Waals surface area contributed by atoms with Crippen LogP contribution in [-0.4, -0.2) is 25.7 Å². The summed E-state index contributed by atoms with van der Waals surface area (Å²) in [6.45, 7) is 7.66. The number of rotatable bonds is 10. The minimum absolute atomic E-state index is 0.0746. The number of benzene rings is 1. The Balaban J connectivity index is 2.98. The molecule has 0 atom stereocenters. The fourth-order valence-electron chi connectivity index (χ4n) is 1.98. The predicted octanol–water partition coefficient (Wildman–Crippen LogP) is 3.70. The van der Waals surface area contributed by atoms with Crippen LogP contribution in [0.25, 0.3) is 6.08 Å². The number of hydrogen-bond donors (Lipinski definition) is 1. The molecule has 1 N–H and O–H groups in total. The average Bonchev–Trinajstić information content (AvgIpc) is 2.59. The average molecular weight is 330 g/mol. The number of nitrogens with one attached hydrogen (secondary N) is 1. The van der Waals surface area contributed by atoms with Crippen LogP contribution >= 0.6 is 0 Å². The Kier molecular flexibility index (Phi) is 9.06. The molecule has 0 heterocycles. The maximum atomic E-state index is 11.9. The highest BCUT2D eigenvalue weighted by atomic mass is 16.5. The Bertz CT molecular complexity index is 603. The van der Waals surface area contributed by atoms with Gasteiger partial charge in [0.25, 0.3) is 5.91 Å². The van der Waals surface area contributed by atoms with Crippen molar-refractivity contribution in [2.24, 2.45) is 0 Å². The van der Waals surface area contributed by atoms with Crippen LogP contribution in [0.2, 0.25) is 0 Å². The molecule has 24 heavy (non-hydrogen) atoms. The van der Waals surface area contributed by atoms with Crippen molar-refractivity contribution < 1.29 is 14.3 Å². The van der Waals surface area contributed by atoms with E-state index >= 15 is 0 Å². The van der Waals surface area contributed by atoms with E-state index in [0.717, 1.165) is 24.8 Å². The monoisotopic (exact) mass is 330 g/mol. The van der Waals surface area contributed by atoms with Crippen LogP contribution < -0.4 is 14.8 Å². The molecule has 0 aliphatic carbocycles. The van der Waals surface area contributed by atoms with Crippen LogP contribution in [0.3, 0.4) is 0 Å². The summed E-state index contributed by atoms with van der Waals surface area (Å²) < 4.78 is 11.3. The molecule has 0 aliphatic rings. The van der Waals surface area contributed by atoms with Gasteiger partial charge in [0, 0.05) is 6.54 Å². The number of ether oxygens (including phenoxy) is 2. The van der Waals surface area contributed by atoms with E-state index in [1.165, 1.54) is 0 Å².